The van der Waals surface area contributed by atoms with Crippen LogP contribution in [0, 0.1) is 28.2 Å². The predicted octanol–water partition coefficient (Wildman–Crippen LogP) is 3.23. The highest BCUT2D eigenvalue weighted by Crippen LogP contribution is 2.27. The number of aliphatic imine (C=N–C) groups is 1. The van der Waals surface area contributed by atoms with Gasteiger partial charge in [0.2, 0.25) is 0 Å². The van der Waals surface area contributed by atoms with E-state index in [2.05, 4.69) is 10.1 Å². The van der Waals surface area contributed by atoms with Crippen molar-refractivity contribution in [2.24, 2.45) is 27.5 Å². The van der Waals surface area contributed by atoms with Gasteiger partial charge in [-0.1, -0.05) is 36.4 Å². The topological polar surface area (TPSA) is 170 Å². The molecule has 3 atom stereocenters. The quantitative estimate of drug-likeness (QED) is 0.245. The van der Waals surface area contributed by atoms with Crippen molar-refractivity contribution in [2.75, 3.05) is 6.54 Å². The van der Waals surface area contributed by atoms with Gasteiger partial charge in [0.05, 0.1) is 35.8 Å². The van der Waals surface area contributed by atoms with Gasteiger partial charge in [-0.15, -0.1) is 0 Å². The Morgan fingerprint density at radius 3 is 2.59 bits per heavy atom. The van der Waals surface area contributed by atoms with E-state index < -0.39 is 18.0 Å². The highest BCUT2D eigenvalue weighted by atomic mass is 16.1. The minimum Gasteiger partial charge on any atom is -0.386 e. The van der Waals surface area contributed by atoms with Crippen molar-refractivity contribution in [1.29, 1.82) is 16.2 Å². The van der Waals surface area contributed by atoms with E-state index >= 15 is 0 Å². The van der Waals surface area contributed by atoms with E-state index in [1.54, 1.807) is 23.6 Å². The lowest BCUT2D eigenvalue weighted by Crippen LogP contribution is -2.27. The Bertz CT molecular complexity index is 1270. The SMILES string of the molecule is CC(N=C(N)C(C#N)C=N)c1cc2cccc(C(N)CN=N)c2c(=O)n1-c1ccccc1. The summed E-state index contributed by atoms with van der Waals surface area (Å²) < 4.78 is 1.56. The maximum absolute atomic E-state index is 13.8. The molecule has 0 bridgehead atoms. The average molecular weight is 429 g/mol. The van der Waals surface area contributed by atoms with E-state index in [4.69, 9.17) is 22.4 Å². The maximum atomic E-state index is 13.8. The summed E-state index contributed by atoms with van der Waals surface area (Å²) in [7, 11) is 0. The van der Waals surface area contributed by atoms with E-state index in [-0.39, 0.29) is 17.9 Å². The second kappa shape index (κ2) is 9.76. The molecule has 1 aromatic heterocycles. The number of nitriles is 1. The number of nitrogens with zero attached hydrogens (tertiary/aromatic N) is 4. The Morgan fingerprint density at radius 1 is 1.25 bits per heavy atom. The van der Waals surface area contributed by atoms with Crippen LogP contribution in [0.4, 0.5) is 0 Å². The summed E-state index contributed by atoms with van der Waals surface area (Å²) in [5.74, 6) is -0.928. The Labute approximate surface area is 185 Å². The first-order valence-corrected chi connectivity index (χ1v) is 9.99. The molecule has 0 fully saturated rings. The molecule has 2 aromatic carbocycles. The zero-order chi connectivity index (χ0) is 23.3. The molecule has 0 saturated carbocycles. The number of hydrogen-bond acceptors (Lipinski definition) is 7. The van der Waals surface area contributed by atoms with Crippen LogP contribution in [0.25, 0.3) is 16.5 Å². The van der Waals surface area contributed by atoms with Gasteiger partial charge in [0, 0.05) is 11.9 Å². The van der Waals surface area contributed by atoms with Crippen molar-refractivity contribution in [2.45, 2.75) is 19.0 Å². The summed E-state index contributed by atoms with van der Waals surface area (Å²) in [4.78, 5) is 18.2. The Hall–Kier alpha value is -4.16. The summed E-state index contributed by atoms with van der Waals surface area (Å²) in [6.07, 6.45) is 0.932. The second-order valence-electron chi connectivity index (χ2n) is 7.31. The highest BCUT2D eigenvalue weighted by Gasteiger charge is 2.20. The molecular formula is C23H24N8O. The highest BCUT2D eigenvalue weighted by molar-refractivity contribution is 5.98. The first-order valence-electron chi connectivity index (χ1n) is 9.99. The van der Waals surface area contributed by atoms with E-state index in [1.165, 1.54) is 0 Å². The molecule has 32 heavy (non-hydrogen) atoms. The Morgan fingerprint density at radius 2 is 1.97 bits per heavy atom. The van der Waals surface area contributed by atoms with Gasteiger partial charge in [0.15, 0.2) is 0 Å². The van der Waals surface area contributed by atoms with E-state index in [1.807, 2.05) is 48.5 Å². The minimum absolute atomic E-state index is 0.00925. The molecule has 0 saturated heterocycles. The third-order valence-corrected chi connectivity index (χ3v) is 5.20. The molecule has 0 radical (unpaired) electrons. The fraction of sp³-hybridized carbons (Fsp3) is 0.217. The molecule has 0 spiro atoms. The van der Waals surface area contributed by atoms with Crippen LogP contribution in [0.15, 0.2) is 69.5 Å². The number of para-hydroxylation sites is 1. The third kappa shape index (κ3) is 4.31. The van der Waals surface area contributed by atoms with Gasteiger partial charge < -0.3 is 16.9 Å². The van der Waals surface area contributed by atoms with Crippen LogP contribution in [0.1, 0.15) is 30.3 Å². The molecule has 162 valence electrons. The number of benzene rings is 2. The monoisotopic (exact) mass is 428 g/mol. The maximum Gasteiger partial charge on any atom is 0.263 e. The lowest BCUT2D eigenvalue weighted by molar-refractivity contribution is 0.702. The van der Waals surface area contributed by atoms with Gasteiger partial charge in [-0.3, -0.25) is 14.4 Å². The molecule has 6 N–H and O–H groups in total. The zero-order valence-corrected chi connectivity index (χ0v) is 17.6. The van der Waals surface area contributed by atoms with E-state index in [0.29, 0.717) is 27.7 Å². The minimum atomic E-state index is -0.937. The molecule has 0 aliphatic rings. The molecule has 3 rings (SSSR count). The van der Waals surface area contributed by atoms with Crippen molar-refractivity contribution >= 4 is 22.8 Å². The van der Waals surface area contributed by atoms with Crippen LogP contribution >= 0.6 is 0 Å². The van der Waals surface area contributed by atoms with Crippen molar-refractivity contribution in [1.82, 2.24) is 4.57 Å². The Kier molecular flexibility index (Phi) is 6.87. The van der Waals surface area contributed by atoms with E-state index in [0.717, 1.165) is 6.21 Å². The number of pyridine rings is 1. The number of hydrogen-bond donors (Lipinski definition) is 4. The molecule has 1 heterocycles. The largest absolute Gasteiger partial charge is 0.386 e. The van der Waals surface area contributed by atoms with Crippen molar-refractivity contribution in [3.05, 3.63) is 76.2 Å². The summed E-state index contributed by atoms with van der Waals surface area (Å²) in [5.41, 5.74) is 20.9. The molecule has 0 aliphatic heterocycles. The second-order valence-corrected chi connectivity index (χ2v) is 7.31. The first-order chi connectivity index (χ1) is 15.4. The molecule has 9 heteroatoms. The van der Waals surface area contributed by atoms with Gasteiger partial charge in [0.1, 0.15) is 11.8 Å². The van der Waals surface area contributed by atoms with Gasteiger partial charge in [-0.2, -0.15) is 10.4 Å². The molecule has 9 nitrogen and oxygen atoms in total. The lowest BCUT2D eigenvalue weighted by atomic mass is 9.98. The summed E-state index contributed by atoms with van der Waals surface area (Å²) in [6.45, 7) is 1.85. The Balaban J connectivity index is 2.33. The van der Waals surface area contributed by atoms with E-state index in [9.17, 15) is 10.1 Å². The number of nitrogens with two attached hydrogens (primary N) is 2. The van der Waals surface area contributed by atoms with Gasteiger partial charge in [-0.25, -0.2) is 5.53 Å². The predicted molar refractivity (Wildman–Crippen MR) is 124 cm³/mol. The smallest absolute Gasteiger partial charge is 0.263 e. The van der Waals surface area contributed by atoms with Crippen LogP contribution in [0.5, 0.6) is 0 Å². The first kappa shape index (κ1) is 22.5. The molecule has 0 amide bonds. The standard InChI is InChI=1S/C23H24N8O/c1-14(30-22(27)16(11-24)12-25)20-10-15-6-5-9-18(19(26)13-29-28)21(15)23(32)31(20)17-7-3-2-4-8-17/h2-11,14,16,19,24,28H,13,26H2,1H3,(H2,27,30). The zero-order valence-electron chi connectivity index (χ0n) is 17.6. The van der Waals surface area contributed by atoms with Crippen LogP contribution in [0.2, 0.25) is 0 Å². The van der Waals surface area contributed by atoms with Crippen molar-refractivity contribution < 1.29 is 0 Å². The number of nitrogens with one attached hydrogen (secondary N) is 2. The lowest BCUT2D eigenvalue weighted by Gasteiger charge is -2.20. The van der Waals surface area contributed by atoms with Crippen LogP contribution in [-0.4, -0.2) is 23.2 Å². The van der Waals surface area contributed by atoms with Gasteiger partial charge in [-0.05, 0) is 36.1 Å². The van der Waals surface area contributed by atoms with Crippen molar-refractivity contribution in [3.63, 3.8) is 0 Å². The summed E-state index contributed by atoms with van der Waals surface area (Å²) in [6, 6.07) is 17.2. The number of rotatable bonds is 8. The van der Waals surface area contributed by atoms with Gasteiger partial charge in [0.25, 0.3) is 5.56 Å². The number of aromatic nitrogens is 1. The molecule has 3 aromatic rings. The molecule has 3 unspecified atom stereocenters. The summed E-state index contributed by atoms with van der Waals surface area (Å²) in [5, 5.41) is 21.0. The van der Waals surface area contributed by atoms with Gasteiger partial charge >= 0.3 is 0 Å². The summed E-state index contributed by atoms with van der Waals surface area (Å²) >= 11 is 0. The fourth-order valence-corrected chi connectivity index (χ4v) is 3.62. The number of fused-ring (bicyclic) bond motifs is 1. The number of amidine groups is 1. The van der Waals surface area contributed by atoms with Crippen molar-refractivity contribution in [3.8, 4) is 11.8 Å². The third-order valence-electron chi connectivity index (χ3n) is 5.20. The molecule has 0 aliphatic carbocycles. The van der Waals surface area contributed by atoms with Crippen LogP contribution in [0.3, 0.4) is 0 Å². The van der Waals surface area contributed by atoms with Crippen LogP contribution < -0.4 is 17.0 Å². The fourth-order valence-electron chi connectivity index (χ4n) is 3.62. The van der Waals surface area contributed by atoms with Crippen LogP contribution in [-0.2, 0) is 0 Å². The average Bonchev–Trinajstić information content (AvgIpc) is 2.80. The normalized spacial score (nSPS) is 14.3. The molecular weight excluding hydrogens is 404 g/mol.